The van der Waals surface area contributed by atoms with Crippen LogP contribution in [0.4, 0.5) is 0 Å². The fraction of sp³-hybridized carbons (Fsp3) is 0.323. The van der Waals surface area contributed by atoms with Gasteiger partial charge in [0, 0.05) is 6.42 Å². The zero-order valence-electron chi connectivity index (χ0n) is 19.9. The number of hydrogen-bond donors (Lipinski definition) is 0. The molecule has 0 heterocycles. The van der Waals surface area contributed by atoms with Gasteiger partial charge in [0.2, 0.25) is 0 Å². The second-order valence-corrected chi connectivity index (χ2v) is 9.65. The summed E-state index contributed by atoms with van der Waals surface area (Å²) in [5, 5.41) is 0. The fourth-order valence-electron chi connectivity index (χ4n) is 4.48. The zero-order chi connectivity index (χ0) is 22.1. The quantitative estimate of drug-likeness (QED) is 0.382. The molecular formula is C31H35. The van der Waals surface area contributed by atoms with Gasteiger partial charge in [-0.15, -0.1) is 0 Å². The number of hydrogen-bond acceptors (Lipinski definition) is 0. The van der Waals surface area contributed by atoms with Crippen LogP contribution in [0, 0.1) is 12.3 Å². The lowest BCUT2D eigenvalue weighted by molar-refractivity contribution is 0.669. The Labute approximate surface area is 189 Å². The van der Waals surface area contributed by atoms with E-state index in [9.17, 15) is 0 Å². The van der Waals surface area contributed by atoms with Gasteiger partial charge in [-0.05, 0) is 68.7 Å². The molecule has 1 unspecified atom stereocenters. The Morgan fingerprint density at radius 2 is 1.35 bits per heavy atom. The third-order valence-electron chi connectivity index (χ3n) is 6.78. The van der Waals surface area contributed by atoms with Crippen molar-refractivity contribution in [2.75, 3.05) is 0 Å². The summed E-state index contributed by atoms with van der Waals surface area (Å²) >= 11 is 0. The van der Waals surface area contributed by atoms with Crippen LogP contribution in [0.25, 0.3) is 28.3 Å². The van der Waals surface area contributed by atoms with Crippen LogP contribution in [0.2, 0.25) is 0 Å². The monoisotopic (exact) mass is 407 g/mol. The lowest BCUT2D eigenvalue weighted by Crippen LogP contribution is -1.98. The molecule has 1 aliphatic rings. The molecule has 3 aromatic rings. The summed E-state index contributed by atoms with van der Waals surface area (Å²) in [6.45, 7) is 13.8. The Kier molecular flexibility index (Phi) is 6.19. The van der Waals surface area contributed by atoms with Crippen LogP contribution in [0.1, 0.15) is 82.1 Å². The lowest BCUT2D eigenvalue weighted by Gasteiger charge is -2.19. The van der Waals surface area contributed by atoms with E-state index in [2.05, 4.69) is 115 Å². The van der Waals surface area contributed by atoms with Crippen LogP contribution >= 0.6 is 0 Å². The molecule has 0 aliphatic heterocycles. The summed E-state index contributed by atoms with van der Waals surface area (Å²) in [6.07, 6.45) is 6.01. The summed E-state index contributed by atoms with van der Waals surface area (Å²) in [4.78, 5) is 0. The van der Waals surface area contributed by atoms with Gasteiger partial charge in [-0.2, -0.15) is 0 Å². The predicted octanol–water partition coefficient (Wildman–Crippen LogP) is 9.26. The predicted molar refractivity (Wildman–Crippen MR) is 136 cm³/mol. The first kappa shape index (κ1) is 21.6. The van der Waals surface area contributed by atoms with Gasteiger partial charge < -0.3 is 0 Å². The molecule has 0 heteroatoms. The lowest BCUT2D eigenvalue weighted by atomic mass is 9.85. The molecule has 1 radical (unpaired) electrons. The summed E-state index contributed by atoms with van der Waals surface area (Å²) in [5.74, 6) is 1.59. The standard InChI is InChI=1S/C31H35/c1-7-22(6)27-15-24-13-14-29(23-11-9-8-10-12-23)31(30(24)19-27)28-17-25(20(2)3)16-26(18-28)21(4)5/h8-22H,7H2,1-6H3. The Balaban J connectivity index is 2.01. The Hall–Kier alpha value is -2.60. The van der Waals surface area contributed by atoms with Crippen molar-refractivity contribution in [2.45, 2.75) is 59.8 Å². The van der Waals surface area contributed by atoms with Crippen LogP contribution in [-0.4, -0.2) is 0 Å². The van der Waals surface area contributed by atoms with Gasteiger partial charge in [0.15, 0.2) is 0 Å². The van der Waals surface area contributed by atoms with Crippen molar-refractivity contribution in [3.05, 3.63) is 94.9 Å². The molecule has 0 saturated heterocycles. The van der Waals surface area contributed by atoms with Crippen molar-refractivity contribution < 1.29 is 0 Å². The van der Waals surface area contributed by atoms with Crippen molar-refractivity contribution in [3.8, 4) is 22.3 Å². The average molecular weight is 408 g/mol. The molecule has 3 aromatic carbocycles. The normalized spacial score (nSPS) is 14.1. The average Bonchev–Trinajstić information content (AvgIpc) is 3.22. The SMILES string of the molecule is CCC(C)C1=Cc2c(ccc(-c3ccccc3)c2-c2cc(C(C)C)cc(C(C)C)c2)[CH]1. The van der Waals surface area contributed by atoms with Gasteiger partial charge >= 0.3 is 0 Å². The van der Waals surface area contributed by atoms with Crippen LogP contribution in [-0.2, 0) is 0 Å². The summed E-state index contributed by atoms with van der Waals surface area (Å²) in [7, 11) is 0. The van der Waals surface area contributed by atoms with Crippen LogP contribution in [0.3, 0.4) is 0 Å². The minimum atomic E-state index is 0.507. The van der Waals surface area contributed by atoms with E-state index >= 15 is 0 Å². The highest BCUT2D eigenvalue weighted by Crippen LogP contribution is 2.44. The van der Waals surface area contributed by atoms with Crippen LogP contribution in [0.15, 0.2) is 66.2 Å². The first-order valence-corrected chi connectivity index (χ1v) is 11.8. The molecule has 0 bridgehead atoms. The van der Waals surface area contributed by atoms with E-state index in [1.807, 2.05) is 0 Å². The maximum Gasteiger partial charge on any atom is 0.0167 e. The van der Waals surface area contributed by atoms with Gasteiger partial charge in [0.25, 0.3) is 0 Å². The third kappa shape index (κ3) is 4.26. The highest BCUT2D eigenvalue weighted by Gasteiger charge is 2.23. The summed E-state index contributed by atoms with van der Waals surface area (Å²) in [5.41, 5.74) is 12.4. The van der Waals surface area contributed by atoms with Crippen molar-refractivity contribution in [3.63, 3.8) is 0 Å². The van der Waals surface area contributed by atoms with Crippen molar-refractivity contribution in [1.82, 2.24) is 0 Å². The van der Waals surface area contributed by atoms with E-state index in [-0.39, 0.29) is 0 Å². The van der Waals surface area contributed by atoms with E-state index < -0.39 is 0 Å². The van der Waals surface area contributed by atoms with E-state index in [0.29, 0.717) is 17.8 Å². The van der Waals surface area contributed by atoms with Gasteiger partial charge in [-0.25, -0.2) is 0 Å². The molecule has 4 rings (SSSR count). The van der Waals surface area contributed by atoms with Crippen LogP contribution in [0.5, 0.6) is 0 Å². The number of rotatable bonds is 6. The van der Waals surface area contributed by atoms with Crippen molar-refractivity contribution in [2.24, 2.45) is 5.92 Å². The number of benzene rings is 3. The van der Waals surface area contributed by atoms with Crippen LogP contribution < -0.4 is 0 Å². The Bertz CT molecular complexity index is 1070. The van der Waals surface area contributed by atoms with Crippen molar-refractivity contribution >= 4 is 6.08 Å². The molecular weight excluding hydrogens is 372 g/mol. The van der Waals surface area contributed by atoms with E-state index in [1.165, 1.54) is 50.1 Å². The molecule has 1 aliphatic carbocycles. The highest BCUT2D eigenvalue weighted by molar-refractivity contribution is 5.94. The summed E-state index contributed by atoms with van der Waals surface area (Å²) in [6, 6.07) is 22.7. The highest BCUT2D eigenvalue weighted by atomic mass is 14.3. The topological polar surface area (TPSA) is 0 Å². The largest absolute Gasteiger partial charge is 0.0648 e. The second kappa shape index (κ2) is 8.87. The Morgan fingerprint density at radius 3 is 1.94 bits per heavy atom. The molecule has 0 aromatic heterocycles. The molecule has 31 heavy (non-hydrogen) atoms. The molecule has 0 saturated carbocycles. The maximum atomic E-state index is 2.45. The van der Waals surface area contributed by atoms with E-state index in [1.54, 1.807) is 0 Å². The van der Waals surface area contributed by atoms with Gasteiger partial charge in [-0.1, -0.05) is 114 Å². The minimum absolute atomic E-state index is 0.507. The van der Waals surface area contributed by atoms with E-state index in [0.717, 1.165) is 6.42 Å². The molecule has 0 N–H and O–H groups in total. The molecule has 159 valence electrons. The molecule has 0 fully saturated rings. The number of allylic oxidation sites excluding steroid dienone is 1. The molecule has 0 nitrogen and oxygen atoms in total. The smallest absolute Gasteiger partial charge is 0.0167 e. The fourth-order valence-corrected chi connectivity index (χ4v) is 4.48. The van der Waals surface area contributed by atoms with Gasteiger partial charge in [-0.3, -0.25) is 0 Å². The van der Waals surface area contributed by atoms with Crippen molar-refractivity contribution in [1.29, 1.82) is 0 Å². The zero-order valence-corrected chi connectivity index (χ0v) is 19.9. The first-order valence-electron chi connectivity index (χ1n) is 11.8. The summed E-state index contributed by atoms with van der Waals surface area (Å²) < 4.78 is 0. The third-order valence-corrected chi connectivity index (χ3v) is 6.78. The van der Waals surface area contributed by atoms with Gasteiger partial charge in [0.1, 0.15) is 0 Å². The van der Waals surface area contributed by atoms with E-state index in [4.69, 9.17) is 0 Å². The second-order valence-electron chi connectivity index (χ2n) is 9.65. The molecule has 1 atom stereocenters. The first-order chi connectivity index (χ1) is 14.9. The maximum absolute atomic E-state index is 2.45. The molecule has 0 spiro atoms. The Morgan fingerprint density at radius 1 is 0.710 bits per heavy atom. The molecule has 0 amide bonds. The number of fused-ring (bicyclic) bond motifs is 1. The minimum Gasteiger partial charge on any atom is -0.0648 e. The van der Waals surface area contributed by atoms with Gasteiger partial charge in [0.05, 0.1) is 0 Å².